The summed E-state index contributed by atoms with van der Waals surface area (Å²) < 4.78 is 1.59. The van der Waals surface area contributed by atoms with Crippen molar-refractivity contribution in [3.63, 3.8) is 0 Å². The van der Waals surface area contributed by atoms with Crippen molar-refractivity contribution >= 4 is 45.6 Å². The molecule has 0 unspecified atom stereocenters. The SMILES string of the molecule is Cc1csc(-c2cnc(N)nc2N[C@H](C)c2nc3cccc(Cl)c3c(=O)n2-c2ccccc2)c1. The number of nitrogens with zero attached hydrogens (tertiary/aromatic N) is 4. The summed E-state index contributed by atoms with van der Waals surface area (Å²) in [5, 5.41) is 6.23. The van der Waals surface area contributed by atoms with Crippen LogP contribution in [-0.2, 0) is 0 Å². The van der Waals surface area contributed by atoms with Gasteiger partial charge in [-0.2, -0.15) is 4.98 Å². The van der Waals surface area contributed by atoms with Crippen molar-refractivity contribution in [1.82, 2.24) is 19.5 Å². The van der Waals surface area contributed by atoms with Gasteiger partial charge in [-0.05, 0) is 55.1 Å². The summed E-state index contributed by atoms with van der Waals surface area (Å²) in [6.07, 6.45) is 1.71. The molecule has 0 amide bonds. The molecule has 3 heterocycles. The van der Waals surface area contributed by atoms with Crippen molar-refractivity contribution in [3.8, 4) is 16.1 Å². The Morgan fingerprint density at radius 3 is 2.65 bits per heavy atom. The van der Waals surface area contributed by atoms with Gasteiger partial charge in [0, 0.05) is 11.1 Å². The first-order valence-electron chi connectivity index (χ1n) is 10.6. The first-order chi connectivity index (χ1) is 16.4. The van der Waals surface area contributed by atoms with E-state index in [1.54, 1.807) is 40.3 Å². The summed E-state index contributed by atoms with van der Waals surface area (Å²) in [6, 6.07) is 16.3. The van der Waals surface area contributed by atoms with Gasteiger partial charge in [0.2, 0.25) is 5.95 Å². The fourth-order valence-electron chi connectivity index (χ4n) is 3.85. The molecule has 0 spiro atoms. The number of aromatic nitrogens is 4. The predicted molar refractivity (Wildman–Crippen MR) is 139 cm³/mol. The lowest BCUT2D eigenvalue weighted by Gasteiger charge is -2.21. The lowest BCUT2D eigenvalue weighted by molar-refractivity contribution is 0.731. The molecule has 0 bridgehead atoms. The summed E-state index contributed by atoms with van der Waals surface area (Å²) in [5.74, 6) is 1.25. The molecule has 170 valence electrons. The van der Waals surface area contributed by atoms with Crippen molar-refractivity contribution in [3.05, 3.63) is 92.9 Å². The highest BCUT2D eigenvalue weighted by atomic mass is 35.5. The van der Waals surface area contributed by atoms with Crippen LogP contribution in [0.15, 0.2) is 71.0 Å². The van der Waals surface area contributed by atoms with Gasteiger partial charge in [-0.15, -0.1) is 11.3 Å². The Balaban J connectivity index is 1.67. The standard InChI is InChI=1S/C25H21ClN6OS/c1-14-11-20(34-13-14)17-12-28-25(27)31-22(17)29-15(2)23-30-19-10-6-9-18(26)21(19)24(33)32(23)16-7-4-3-5-8-16/h3-13,15H,1-2H3,(H3,27,28,29,31)/t15-/m1/s1. The van der Waals surface area contributed by atoms with Gasteiger partial charge in [0.1, 0.15) is 11.6 Å². The van der Waals surface area contributed by atoms with E-state index in [-0.39, 0.29) is 11.5 Å². The smallest absolute Gasteiger partial charge is 0.267 e. The van der Waals surface area contributed by atoms with Crippen molar-refractivity contribution in [2.45, 2.75) is 19.9 Å². The van der Waals surface area contributed by atoms with E-state index in [1.807, 2.05) is 44.2 Å². The van der Waals surface area contributed by atoms with Gasteiger partial charge < -0.3 is 11.1 Å². The van der Waals surface area contributed by atoms with Crippen LogP contribution in [0.25, 0.3) is 27.0 Å². The highest BCUT2D eigenvalue weighted by Gasteiger charge is 2.21. The fraction of sp³-hybridized carbons (Fsp3) is 0.120. The molecule has 7 nitrogen and oxygen atoms in total. The van der Waals surface area contributed by atoms with E-state index in [0.717, 1.165) is 16.0 Å². The molecule has 5 aromatic rings. The molecule has 3 N–H and O–H groups in total. The molecule has 0 radical (unpaired) electrons. The van der Waals surface area contributed by atoms with Crippen LogP contribution < -0.4 is 16.6 Å². The van der Waals surface area contributed by atoms with Crippen molar-refractivity contribution in [2.24, 2.45) is 0 Å². The highest BCUT2D eigenvalue weighted by Crippen LogP contribution is 2.33. The van der Waals surface area contributed by atoms with Gasteiger partial charge in [0.25, 0.3) is 5.56 Å². The summed E-state index contributed by atoms with van der Waals surface area (Å²) in [5.41, 5.74) is 8.90. The molecule has 0 aliphatic heterocycles. The maximum atomic E-state index is 13.6. The molecule has 0 fully saturated rings. The van der Waals surface area contributed by atoms with Crippen LogP contribution in [0.5, 0.6) is 0 Å². The second-order valence-electron chi connectivity index (χ2n) is 7.92. The van der Waals surface area contributed by atoms with Gasteiger partial charge in [-0.1, -0.05) is 35.9 Å². The number of nitrogens with two attached hydrogens (primary N) is 1. The van der Waals surface area contributed by atoms with Crippen LogP contribution in [0.2, 0.25) is 5.02 Å². The Morgan fingerprint density at radius 1 is 1.12 bits per heavy atom. The third-order valence-electron chi connectivity index (χ3n) is 5.43. The highest BCUT2D eigenvalue weighted by molar-refractivity contribution is 7.13. The van der Waals surface area contributed by atoms with E-state index < -0.39 is 6.04 Å². The van der Waals surface area contributed by atoms with Crippen LogP contribution in [0, 0.1) is 6.92 Å². The Labute approximate surface area is 204 Å². The summed E-state index contributed by atoms with van der Waals surface area (Å²) in [7, 11) is 0. The number of hydrogen-bond acceptors (Lipinski definition) is 7. The average Bonchev–Trinajstić information content (AvgIpc) is 3.25. The largest absolute Gasteiger partial charge is 0.368 e. The Hall–Kier alpha value is -3.75. The Kier molecular flexibility index (Phi) is 5.77. The van der Waals surface area contributed by atoms with Gasteiger partial charge in [0.05, 0.1) is 33.2 Å². The van der Waals surface area contributed by atoms with Gasteiger partial charge >= 0.3 is 0 Å². The predicted octanol–water partition coefficient (Wildman–Crippen LogP) is 5.62. The van der Waals surface area contributed by atoms with Gasteiger partial charge in [0.15, 0.2) is 0 Å². The normalized spacial score (nSPS) is 12.1. The zero-order valence-corrected chi connectivity index (χ0v) is 20.1. The quantitative estimate of drug-likeness (QED) is 0.333. The number of halogens is 1. The molecule has 3 aromatic heterocycles. The maximum absolute atomic E-state index is 13.6. The number of hydrogen-bond donors (Lipinski definition) is 2. The summed E-state index contributed by atoms with van der Waals surface area (Å²) in [6.45, 7) is 3.97. The first kappa shape index (κ1) is 22.1. The minimum absolute atomic E-state index is 0.158. The van der Waals surface area contributed by atoms with E-state index in [9.17, 15) is 4.79 Å². The number of rotatable bonds is 5. The summed E-state index contributed by atoms with van der Waals surface area (Å²) >= 11 is 8.00. The Bertz CT molecular complexity index is 1560. The molecule has 9 heteroatoms. The number of benzene rings is 2. The zero-order chi connectivity index (χ0) is 23.8. The lowest BCUT2D eigenvalue weighted by Crippen LogP contribution is -2.27. The van der Waals surface area contributed by atoms with E-state index >= 15 is 0 Å². The molecule has 34 heavy (non-hydrogen) atoms. The number of thiophene rings is 1. The summed E-state index contributed by atoms with van der Waals surface area (Å²) in [4.78, 5) is 28.1. The minimum Gasteiger partial charge on any atom is -0.368 e. The third kappa shape index (κ3) is 4.02. The molecule has 0 saturated heterocycles. The van der Waals surface area contributed by atoms with Gasteiger partial charge in [-0.25, -0.2) is 9.97 Å². The first-order valence-corrected chi connectivity index (χ1v) is 11.9. The van der Waals surface area contributed by atoms with E-state index in [1.165, 1.54) is 0 Å². The van der Waals surface area contributed by atoms with Crippen molar-refractivity contribution in [2.75, 3.05) is 11.1 Å². The van der Waals surface area contributed by atoms with Crippen molar-refractivity contribution < 1.29 is 0 Å². The molecule has 0 saturated carbocycles. The van der Waals surface area contributed by atoms with Crippen LogP contribution in [-0.4, -0.2) is 19.5 Å². The molecule has 0 aliphatic rings. The number of para-hydroxylation sites is 1. The molecular weight excluding hydrogens is 468 g/mol. The molecule has 1 atom stereocenters. The number of anilines is 2. The second kappa shape index (κ2) is 8.89. The zero-order valence-electron chi connectivity index (χ0n) is 18.5. The minimum atomic E-state index is -0.398. The number of nitrogens with one attached hydrogen (secondary N) is 1. The van der Waals surface area contributed by atoms with Crippen LogP contribution in [0.3, 0.4) is 0 Å². The van der Waals surface area contributed by atoms with Gasteiger partial charge in [-0.3, -0.25) is 9.36 Å². The topological polar surface area (TPSA) is 98.7 Å². The van der Waals surface area contributed by atoms with Crippen LogP contribution >= 0.6 is 22.9 Å². The molecular formula is C25H21ClN6OS. The number of fused-ring (bicyclic) bond motifs is 1. The van der Waals surface area contributed by atoms with E-state index in [2.05, 4.69) is 26.7 Å². The fourth-order valence-corrected chi connectivity index (χ4v) is 5.01. The maximum Gasteiger partial charge on any atom is 0.267 e. The van der Waals surface area contributed by atoms with Crippen molar-refractivity contribution in [1.29, 1.82) is 0 Å². The molecule has 5 rings (SSSR count). The molecule has 2 aromatic carbocycles. The number of nitrogen functional groups attached to an aromatic ring is 1. The van der Waals surface area contributed by atoms with E-state index in [0.29, 0.717) is 33.3 Å². The lowest BCUT2D eigenvalue weighted by atomic mass is 10.2. The second-order valence-corrected chi connectivity index (χ2v) is 9.24. The average molecular weight is 489 g/mol. The van der Waals surface area contributed by atoms with Crippen LogP contribution in [0.4, 0.5) is 11.8 Å². The Morgan fingerprint density at radius 2 is 1.91 bits per heavy atom. The monoisotopic (exact) mass is 488 g/mol. The van der Waals surface area contributed by atoms with E-state index in [4.69, 9.17) is 22.3 Å². The third-order valence-corrected chi connectivity index (χ3v) is 6.83. The molecule has 0 aliphatic carbocycles. The van der Waals surface area contributed by atoms with Crippen LogP contribution in [0.1, 0.15) is 24.4 Å². The number of aryl methyl sites for hydroxylation is 1.